The maximum atomic E-state index is 12.8. The summed E-state index contributed by atoms with van der Waals surface area (Å²) in [6.45, 7) is 6.75. The number of rotatable bonds is 4. The first-order valence-electron chi connectivity index (χ1n) is 10.9. The minimum atomic E-state index is -1.19. The van der Waals surface area contributed by atoms with Crippen LogP contribution in [0.25, 0.3) is 0 Å². The summed E-state index contributed by atoms with van der Waals surface area (Å²) in [5, 5.41) is 3.50. The summed E-state index contributed by atoms with van der Waals surface area (Å²) < 4.78 is 14.8. The maximum Gasteiger partial charge on any atom is 0.261 e. The zero-order valence-electron chi connectivity index (χ0n) is 18.4. The lowest BCUT2D eigenvalue weighted by atomic mass is 9.95. The van der Waals surface area contributed by atoms with Crippen LogP contribution in [0.15, 0.2) is 45.1 Å². The Labute approximate surface area is 185 Å². The highest BCUT2D eigenvalue weighted by molar-refractivity contribution is 7.83. The number of nitrogens with one attached hydrogen (secondary N) is 2. The molecule has 1 aromatic heterocycles. The predicted octanol–water partition coefficient (Wildman–Crippen LogP) is 3.79. The molecule has 1 unspecified atom stereocenters. The Balaban J connectivity index is 1.63. The van der Waals surface area contributed by atoms with Crippen LogP contribution in [-0.2, 0) is 17.5 Å². The number of benzene rings is 1. The predicted molar refractivity (Wildman–Crippen MR) is 126 cm³/mol. The SMILES string of the molecule is CC(C)(C)N1Cc2cc(N=C(N)c3c(NC4CCCCC4)cc[nH]c3=O)ccc2S1=O. The number of amidine groups is 1. The summed E-state index contributed by atoms with van der Waals surface area (Å²) in [5.74, 6) is 0.173. The van der Waals surface area contributed by atoms with E-state index in [1.807, 2.05) is 22.5 Å². The third-order valence-corrected chi connectivity index (χ3v) is 7.78. The molecule has 166 valence electrons. The number of pyridine rings is 1. The summed E-state index contributed by atoms with van der Waals surface area (Å²) in [6, 6.07) is 7.76. The highest BCUT2D eigenvalue weighted by atomic mass is 32.2. The first kappa shape index (κ1) is 21.8. The minimum absolute atomic E-state index is 0.173. The molecule has 2 aromatic rings. The van der Waals surface area contributed by atoms with Crippen molar-refractivity contribution < 1.29 is 4.21 Å². The van der Waals surface area contributed by atoms with Gasteiger partial charge < -0.3 is 16.0 Å². The fraction of sp³-hybridized carbons (Fsp3) is 0.478. The number of hydrogen-bond acceptors (Lipinski definition) is 4. The highest BCUT2D eigenvalue weighted by Gasteiger charge is 2.34. The number of nitrogens with zero attached hydrogens (tertiary/aromatic N) is 2. The Hall–Kier alpha value is -2.45. The van der Waals surface area contributed by atoms with Crippen molar-refractivity contribution >= 4 is 28.2 Å². The Kier molecular flexibility index (Phi) is 6.03. The quantitative estimate of drug-likeness (QED) is 0.496. The lowest BCUT2D eigenvalue weighted by Gasteiger charge is -2.29. The van der Waals surface area contributed by atoms with Gasteiger partial charge in [-0.25, -0.2) is 13.5 Å². The molecule has 1 fully saturated rings. The number of hydrogen-bond donors (Lipinski definition) is 3. The standard InChI is InChI=1S/C23H31N5O2S/c1-23(2,3)28-14-15-13-17(9-10-19(15)31(28)30)27-21(24)20-18(11-12-25-22(20)29)26-16-7-5-4-6-8-16/h9-13,16H,4-8,14H2,1-3H3,(H2,24,27)(H2,25,26,29). The van der Waals surface area contributed by atoms with E-state index in [1.165, 1.54) is 19.3 Å². The van der Waals surface area contributed by atoms with Crippen molar-refractivity contribution in [1.29, 1.82) is 0 Å². The van der Waals surface area contributed by atoms with Crippen LogP contribution in [0.5, 0.6) is 0 Å². The molecule has 0 saturated heterocycles. The van der Waals surface area contributed by atoms with E-state index in [4.69, 9.17) is 5.73 Å². The van der Waals surface area contributed by atoms with E-state index in [2.05, 4.69) is 36.1 Å². The molecule has 8 heteroatoms. The van der Waals surface area contributed by atoms with E-state index >= 15 is 0 Å². The van der Waals surface area contributed by atoms with Crippen molar-refractivity contribution in [3.05, 3.63) is 51.9 Å². The van der Waals surface area contributed by atoms with Crippen LogP contribution in [0, 0.1) is 0 Å². The van der Waals surface area contributed by atoms with Crippen molar-refractivity contribution in [2.75, 3.05) is 5.32 Å². The van der Waals surface area contributed by atoms with Crippen LogP contribution < -0.4 is 16.6 Å². The largest absolute Gasteiger partial charge is 0.383 e. The number of aliphatic imine (C=N–C) groups is 1. The van der Waals surface area contributed by atoms with Gasteiger partial charge in [-0.2, -0.15) is 0 Å². The van der Waals surface area contributed by atoms with Gasteiger partial charge in [0.2, 0.25) is 0 Å². The van der Waals surface area contributed by atoms with Gasteiger partial charge in [0.25, 0.3) is 5.56 Å². The number of fused-ring (bicyclic) bond motifs is 1. The van der Waals surface area contributed by atoms with Gasteiger partial charge in [0, 0.05) is 24.3 Å². The molecular weight excluding hydrogens is 410 g/mol. The van der Waals surface area contributed by atoms with Crippen molar-refractivity contribution in [1.82, 2.24) is 9.29 Å². The average molecular weight is 442 g/mol. The minimum Gasteiger partial charge on any atom is -0.383 e. The fourth-order valence-corrected chi connectivity index (χ4v) is 5.79. The van der Waals surface area contributed by atoms with Crippen LogP contribution in [-0.4, -0.2) is 30.9 Å². The van der Waals surface area contributed by atoms with Crippen LogP contribution >= 0.6 is 0 Å². The molecular formula is C23H31N5O2S. The topological polar surface area (TPSA) is 104 Å². The Bertz CT molecular complexity index is 1080. The van der Waals surface area contributed by atoms with Gasteiger partial charge in [-0.3, -0.25) is 4.79 Å². The van der Waals surface area contributed by atoms with Gasteiger partial charge in [-0.1, -0.05) is 19.3 Å². The molecule has 1 aromatic carbocycles. The molecule has 1 atom stereocenters. The van der Waals surface area contributed by atoms with Gasteiger partial charge >= 0.3 is 0 Å². The summed E-state index contributed by atoms with van der Waals surface area (Å²) in [5.41, 5.74) is 8.57. The maximum absolute atomic E-state index is 12.8. The first-order chi connectivity index (χ1) is 14.7. The zero-order valence-corrected chi connectivity index (χ0v) is 19.2. The lowest BCUT2D eigenvalue weighted by molar-refractivity contribution is 0.264. The van der Waals surface area contributed by atoms with E-state index in [9.17, 15) is 9.00 Å². The number of H-pyrrole nitrogens is 1. The van der Waals surface area contributed by atoms with E-state index in [0.29, 0.717) is 23.8 Å². The fourth-order valence-electron chi connectivity index (χ4n) is 4.26. The molecule has 0 radical (unpaired) electrons. The van der Waals surface area contributed by atoms with Gasteiger partial charge in [-0.05, 0) is 63.4 Å². The second-order valence-corrected chi connectivity index (χ2v) is 10.7. The molecule has 0 amide bonds. The third kappa shape index (κ3) is 4.60. The molecule has 0 bridgehead atoms. The van der Waals surface area contributed by atoms with Crippen LogP contribution in [0.2, 0.25) is 0 Å². The molecule has 2 aliphatic rings. The van der Waals surface area contributed by atoms with Crippen molar-refractivity contribution in [2.45, 2.75) is 75.9 Å². The lowest BCUT2D eigenvalue weighted by Crippen LogP contribution is -2.38. The monoisotopic (exact) mass is 441 g/mol. The Morgan fingerprint density at radius 3 is 2.68 bits per heavy atom. The van der Waals surface area contributed by atoms with Gasteiger partial charge in [0.05, 0.1) is 16.3 Å². The molecule has 4 rings (SSSR count). The third-order valence-electron chi connectivity index (χ3n) is 5.93. The van der Waals surface area contributed by atoms with Crippen LogP contribution in [0.3, 0.4) is 0 Å². The summed E-state index contributed by atoms with van der Waals surface area (Å²) in [4.78, 5) is 20.7. The average Bonchev–Trinajstić information content (AvgIpc) is 3.05. The van der Waals surface area contributed by atoms with E-state index < -0.39 is 11.0 Å². The van der Waals surface area contributed by atoms with Gasteiger partial charge in [0.15, 0.2) is 0 Å². The van der Waals surface area contributed by atoms with Crippen molar-refractivity contribution in [3.8, 4) is 0 Å². The molecule has 31 heavy (non-hydrogen) atoms. The van der Waals surface area contributed by atoms with Gasteiger partial charge in [0.1, 0.15) is 22.4 Å². The van der Waals surface area contributed by atoms with E-state index in [0.717, 1.165) is 29.0 Å². The molecule has 7 nitrogen and oxygen atoms in total. The zero-order chi connectivity index (χ0) is 22.2. The smallest absolute Gasteiger partial charge is 0.261 e. The number of nitrogens with two attached hydrogens (primary N) is 1. The first-order valence-corrected chi connectivity index (χ1v) is 12.0. The number of anilines is 1. The molecule has 1 aliphatic heterocycles. The molecule has 2 heterocycles. The van der Waals surface area contributed by atoms with Crippen LogP contribution in [0.1, 0.15) is 64.0 Å². The van der Waals surface area contributed by atoms with Gasteiger partial charge in [-0.15, -0.1) is 0 Å². The molecule has 1 aliphatic carbocycles. The molecule has 4 N–H and O–H groups in total. The molecule has 1 saturated carbocycles. The normalized spacial score (nSPS) is 20.6. The Morgan fingerprint density at radius 1 is 1.23 bits per heavy atom. The number of aromatic nitrogens is 1. The highest BCUT2D eigenvalue weighted by Crippen LogP contribution is 2.35. The second kappa shape index (κ2) is 8.59. The summed E-state index contributed by atoms with van der Waals surface area (Å²) >= 11 is 0. The van der Waals surface area contributed by atoms with E-state index in [1.54, 1.807) is 12.3 Å². The van der Waals surface area contributed by atoms with E-state index in [-0.39, 0.29) is 16.9 Å². The van der Waals surface area contributed by atoms with Crippen LogP contribution in [0.4, 0.5) is 11.4 Å². The Morgan fingerprint density at radius 2 is 1.97 bits per heavy atom. The number of aromatic amines is 1. The molecule has 0 spiro atoms. The second-order valence-electron chi connectivity index (χ2n) is 9.32. The summed E-state index contributed by atoms with van der Waals surface area (Å²) in [7, 11) is -1.19. The summed E-state index contributed by atoms with van der Waals surface area (Å²) in [6.07, 6.45) is 7.48. The van der Waals surface area contributed by atoms with Crippen molar-refractivity contribution in [3.63, 3.8) is 0 Å². The van der Waals surface area contributed by atoms with Crippen molar-refractivity contribution in [2.24, 2.45) is 10.7 Å².